The molecule has 1 aromatic rings. The van der Waals surface area contributed by atoms with E-state index in [1.54, 1.807) is 12.1 Å². The average molecular weight is 394 g/mol. The lowest BCUT2D eigenvalue weighted by Gasteiger charge is -2.25. The number of ether oxygens (including phenoxy) is 1. The Bertz CT molecular complexity index is 734. The lowest BCUT2D eigenvalue weighted by Crippen LogP contribution is -2.35. The van der Waals surface area contributed by atoms with E-state index in [0.717, 1.165) is 25.7 Å². The third-order valence-electron chi connectivity index (χ3n) is 5.45. The smallest absolute Gasteiger partial charge is 0.414 e. The number of nitrogens with one attached hydrogen (secondary N) is 1. The molecule has 4 rings (SSSR count). The molecule has 2 amide bonds. The van der Waals surface area contributed by atoms with Crippen LogP contribution in [-0.4, -0.2) is 47.3 Å². The molecular weight excluding hydrogens is 371 g/mol. The first-order valence-corrected chi connectivity index (χ1v) is 10.9. The summed E-state index contributed by atoms with van der Waals surface area (Å²) in [5.41, 5.74) is 1.08. The fraction of sp³-hybridized carbons (Fsp3) is 0.579. The molecule has 0 spiro atoms. The van der Waals surface area contributed by atoms with Crippen molar-refractivity contribution < 1.29 is 23.3 Å². The van der Waals surface area contributed by atoms with Gasteiger partial charge in [0, 0.05) is 5.92 Å². The molecule has 1 aromatic carbocycles. The van der Waals surface area contributed by atoms with Gasteiger partial charge in [-0.25, -0.2) is 9.18 Å². The molecule has 6 nitrogen and oxygen atoms in total. The number of benzene rings is 1. The third kappa shape index (κ3) is 4.21. The molecule has 3 aliphatic rings. The normalized spacial score (nSPS) is 28.1. The van der Waals surface area contributed by atoms with E-state index in [9.17, 15) is 18.5 Å². The van der Waals surface area contributed by atoms with Gasteiger partial charge in [0.1, 0.15) is 23.4 Å². The van der Waals surface area contributed by atoms with Gasteiger partial charge in [0.15, 0.2) is 0 Å². The maximum Gasteiger partial charge on any atom is 0.414 e. The summed E-state index contributed by atoms with van der Waals surface area (Å²) in [7, 11) is 0. The highest BCUT2D eigenvalue weighted by Crippen LogP contribution is 2.33. The Balaban J connectivity index is 1.38. The number of carbonyl (C=O) groups is 2. The summed E-state index contributed by atoms with van der Waals surface area (Å²) in [4.78, 5) is 25.3. The second-order valence-electron chi connectivity index (χ2n) is 7.46. The van der Waals surface area contributed by atoms with E-state index in [4.69, 9.17) is 4.74 Å². The van der Waals surface area contributed by atoms with E-state index in [1.807, 2.05) is 0 Å². The summed E-state index contributed by atoms with van der Waals surface area (Å²) in [5, 5.41) is 2.80. The van der Waals surface area contributed by atoms with Crippen molar-refractivity contribution in [1.82, 2.24) is 5.32 Å². The van der Waals surface area contributed by atoms with Crippen molar-refractivity contribution in [3.8, 4) is 0 Å². The zero-order valence-corrected chi connectivity index (χ0v) is 15.8. The molecule has 1 N–H and O–H groups in total. The molecule has 2 aliphatic heterocycles. The second kappa shape index (κ2) is 7.67. The lowest BCUT2D eigenvalue weighted by molar-refractivity contribution is -0.122. The van der Waals surface area contributed by atoms with E-state index in [2.05, 4.69) is 5.32 Å². The van der Waals surface area contributed by atoms with Gasteiger partial charge in [-0.2, -0.15) is 0 Å². The molecule has 0 radical (unpaired) electrons. The molecule has 1 aliphatic carbocycles. The number of cyclic esters (lactones) is 1. The minimum Gasteiger partial charge on any atom is -0.616 e. The molecule has 8 heteroatoms. The highest BCUT2D eigenvalue weighted by atomic mass is 32.2. The van der Waals surface area contributed by atoms with Crippen LogP contribution in [0.5, 0.6) is 0 Å². The lowest BCUT2D eigenvalue weighted by atomic mass is 9.93. The number of hydrogen-bond donors (Lipinski definition) is 1. The van der Waals surface area contributed by atoms with Crippen molar-refractivity contribution in [3.63, 3.8) is 0 Å². The summed E-state index contributed by atoms with van der Waals surface area (Å²) >= 11 is -0.783. The summed E-state index contributed by atoms with van der Waals surface area (Å²) in [5.74, 6) is 1.07. The summed E-state index contributed by atoms with van der Waals surface area (Å²) in [6.45, 7) is 0.558. The minimum atomic E-state index is -0.783. The Morgan fingerprint density at radius 1 is 1.30 bits per heavy atom. The van der Waals surface area contributed by atoms with Crippen LogP contribution in [0.2, 0.25) is 0 Å². The van der Waals surface area contributed by atoms with Crippen LogP contribution >= 0.6 is 0 Å². The van der Waals surface area contributed by atoms with Crippen molar-refractivity contribution in [1.29, 1.82) is 0 Å². The van der Waals surface area contributed by atoms with Gasteiger partial charge in [-0.15, -0.1) is 0 Å². The van der Waals surface area contributed by atoms with Crippen molar-refractivity contribution >= 4 is 28.9 Å². The first kappa shape index (κ1) is 18.6. The van der Waals surface area contributed by atoms with Gasteiger partial charge < -0.3 is 14.6 Å². The summed E-state index contributed by atoms with van der Waals surface area (Å²) < 4.78 is 31.4. The Morgan fingerprint density at radius 2 is 2.04 bits per heavy atom. The topological polar surface area (TPSA) is 81.7 Å². The number of carbonyl (C=O) groups excluding carboxylic acids is 2. The van der Waals surface area contributed by atoms with Gasteiger partial charge in [0.2, 0.25) is 5.91 Å². The zero-order chi connectivity index (χ0) is 19.0. The van der Waals surface area contributed by atoms with Crippen LogP contribution < -0.4 is 10.2 Å². The third-order valence-corrected chi connectivity index (χ3v) is 6.83. The number of amides is 2. The Labute approximate surface area is 160 Å². The van der Waals surface area contributed by atoms with Gasteiger partial charge in [0.25, 0.3) is 0 Å². The first-order valence-electron chi connectivity index (χ1n) is 9.41. The van der Waals surface area contributed by atoms with Gasteiger partial charge >= 0.3 is 6.09 Å². The number of halogens is 1. The molecule has 0 bridgehead atoms. The summed E-state index contributed by atoms with van der Waals surface area (Å²) in [6, 6.07) is 4.82. The van der Waals surface area contributed by atoms with Crippen LogP contribution in [0.4, 0.5) is 14.9 Å². The van der Waals surface area contributed by atoms with Crippen LogP contribution in [0.25, 0.3) is 0 Å². The van der Waals surface area contributed by atoms with Crippen molar-refractivity contribution in [2.24, 2.45) is 5.92 Å². The van der Waals surface area contributed by atoms with E-state index in [1.165, 1.54) is 11.0 Å². The SMILES string of the molecule is O=C(NC[C@H]1CN(c2ccc(C3CC[S+]([O-])CC3)c(F)c2)C(=O)O1)C1CC1. The van der Waals surface area contributed by atoms with Crippen LogP contribution in [0, 0.1) is 11.7 Å². The number of rotatable bonds is 5. The number of hydrogen-bond acceptors (Lipinski definition) is 4. The molecular formula is C19H23FN2O4S. The van der Waals surface area contributed by atoms with Crippen molar-refractivity contribution in [3.05, 3.63) is 29.6 Å². The molecule has 3 fully saturated rings. The maximum atomic E-state index is 14.6. The van der Waals surface area contributed by atoms with Gasteiger partial charge in [-0.05, 0) is 49.3 Å². The molecule has 146 valence electrons. The van der Waals surface area contributed by atoms with Crippen LogP contribution in [0.15, 0.2) is 18.2 Å². The Hall–Kier alpha value is -1.80. The highest BCUT2D eigenvalue weighted by Gasteiger charge is 2.35. The molecule has 0 aromatic heterocycles. The quantitative estimate of drug-likeness (QED) is 0.777. The molecule has 27 heavy (non-hydrogen) atoms. The van der Waals surface area contributed by atoms with Crippen LogP contribution in [0.3, 0.4) is 0 Å². The van der Waals surface area contributed by atoms with E-state index >= 15 is 0 Å². The maximum absolute atomic E-state index is 14.6. The fourth-order valence-corrected chi connectivity index (χ4v) is 4.96. The average Bonchev–Trinajstić information content (AvgIpc) is 3.44. The van der Waals surface area contributed by atoms with Gasteiger partial charge in [0.05, 0.1) is 18.8 Å². The molecule has 1 saturated carbocycles. The summed E-state index contributed by atoms with van der Waals surface area (Å²) in [6.07, 6.45) is 2.32. The van der Waals surface area contributed by atoms with E-state index < -0.39 is 23.4 Å². The minimum absolute atomic E-state index is 0.00769. The molecule has 2 saturated heterocycles. The Kier molecular flexibility index (Phi) is 5.27. The number of anilines is 1. The number of nitrogens with zero attached hydrogens (tertiary/aromatic N) is 1. The highest BCUT2D eigenvalue weighted by molar-refractivity contribution is 7.91. The standard InChI is InChI=1S/C19H23FN2O4S/c20-17-9-14(3-4-16(17)12-5-7-27(25)8-6-12)22-11-15(26-19(22)24)10-21-18(23)13-1-2-13/h3-4,9,12-13,15H,1-2,5-8,10-11H2,(H,21,23)/t12?,15-,27?/m0/s1. The van der Waals surface area contributed by atoms with E-state index in [0.29, 0.717) is 22.8 Å². The second-order valence-corrected chi connectivity index (χ2v) is 9.16. The predicted molar refractivity (Wildman–Crippen MR) is 99.6 cm³/mol. The van der Waals surface area contributed by atoms with Gasteiger partial charge in [-0.1, -0.05) is 17.2 Å². The largest absolute Gasteiger partial charge is 0.616 e. The van der Waals surface area contributed by atoms with Crippen LogP contribution in [0.1, 0.15) is 37.2 Å². The van der Waals surface area contributed by atoms with Crippen molar-refractivity contribution in [2.75, 3.05) is 29.5 Å². The molecule has 0 unspecified atom stereocenters. The van der Waals surface area contributed by atoms with Gasteiger partial charge in [-0.3, -0.25) is 9.69 Å². The first-order chi connectivity index (χ1) is 13.0. The fourth-order valence-electron chi connectivity index (χ4n) is 3.66. The zero-order valence-electron chi connectivity index (χ0n) is 15.0. The molecule has 2 heterocycles. The van der Waals surface area contributed by atoms with Crippen LogP contribution in [-0.2, 0) is 20.7 Å². The molecule has 1 atom stereocenters. The van der Waals surface area contributed by atoms with Crippen molar-refractivity contribution in [2.45, 2.75) is 37.7 Å². The van der Waals surface area contributed by atoms with E-state index in [-0.39, 0.29) is 36.6 Å². The predicted octanol–water partition coefficient (Wildman–Crippen LogP) is 2.30. The monoisotopic (exact) mass is 394 g/mol. The Morgan fingerprint density at radius 3 is 2.70 bits per heavy atom.